The van der Waals surface area contributed by atoms with Crippen molar-refractivity contribution < 1.29 is 22.8 Å². The fraction of sp³-hybridized carbons (Fsp3) is 0.0385. The molecule has 12 heteroatoms. The second kappa shape index (κ2) is 9.94. The van der Waals surface area contributed by atoms with Crippen molar-refractivity contribution >= 4 is 45.8 Å². The number of carbonyl (C=O) groups excluding carboxylic acids is 2. The van der Waals surface area contributed by atoms with E-state index >= 15 is 0 Å². The molecule has 2 heterocycles. The van der Waals surface area contributed by atoms with Gasteiger partial charge in [-0.25, -0.2) is 9.78 Å². The lowest BCUT2D eigenvalue weighted by atomic mass is 10.0. The van der Waals surface area contributed by atoms with Crippen molar-refractivity contribution in [3.63, 3.8) is 0 Å². The minimum Gasteiger partial charge on any atom is -0.308 e. The molecule has 0 aliphatic carbocycles. The summed E-state index contributed by atoms with van der Waals surface area (Å²) in [5.74, 6) is -0.266. The number of nitrogens with one attached hydrogen (secondary N) is 3. The van der Waals surface area contributed by atoms with Crippen molar-refractivity contribution in [1.82, 2.24) is 20.2 Å². The summed E-state index contributed by atoms with van der Waals surface area (Å²) in [6, 6.07) is 15.1. The summed E-state index contributed by atoms with van der Waals surface area (Å²) in [7, 11) is 0. The molecule has 2 amide bonds. The topological polar surface area (TPSA) is 113 Å². The number of halogens is 4. The first-order valence-corrected chi connectivity index (χ1v) is 11.4. The van der Waals surface area contributed by atoms with E-state index < -0.39 is 22.8 Å². The summed E-state index contributed by atoms with van der Waals surface area (Å²) in [5.41, 5.74) is 2.39. The lowest BCUT2D eigenvalue weighted by Crippen LogP contribution is -2.20. The minimum absolute atomic E-state index is 0.0823. The molecule has 38 heavy (non-hydrogen) atoms. The molecule has 190 valence electrons. The summed E-state index contributed by atoms with van der Waals surface area (Å²) in [5, 5.41) is 11.1. The molecule has 0 saturated heterocycles. The number of urea groups is 1. The van der Waals surface area contributed by atoms with Gasteiger partial charge in [-0.3, -0.25) is 14.9 Å². The molecule has 0 aliphatic heterocycles. The lowest BCUT2D eigenvalue weighted by molar-refractivity contribution is -0.137. The van der Waals surface area contributed by atoms with Crippen molar-refractivity contribution in [1.29, 1.82) is 0 Å². The molecule has 0 atom stereocenters. The van der Waals surface area contributed by atoms with E-state index in [-0.39, 0.29) is 11.5 Å². The van der Waals surface area contributed by atoms with Gasteiger partial charge in [-0.15, -0.1) is 0 Å². The molecule has 3 aromatic carbocycles. The van der Waals surface area contributed by atoms with Gasteiger partial charge in [-0.2, -0.15) is 18.3 Å². The Balaban J connectivity index is 1.28. The van der Waals surface area contributed by atoms with Crippen LogP contribution in [0.2, 0.25) is 5.02 Å². The Labute approximate surface area is 217 Å². The quantitative estimate of drug-likeness (QED) is 0.220. The van der Waals surface area contributed by atoms with E-state index in [1.807, 2.05) is 0 Å². The van der Waals surface area contributed by atoms with Crippen LogP contribution in [0.5, 0.6) is 0 Å². The first-order valence-electron chi connectivity index (χ1n) is 11.0. The average Bonchev–Trinajstić information content (AvgIpc) is 3.44. The number of fused-ring (bicyclic) bond motifs is 1. The molecule has 5 rings (SSSR count). The molecule has 8 nitrogen and oxygen atoms in total. The number of H-pyrrole nitrogens is 1. The molecule has 2 aromatic heterocycles. The van der Waals surface area contributed by atoms with Crippen LogP contribution in [0.15, 0.2) is 79.1 Å². The van der Waals surface area contributed by atoms with Crippen molar-refractivity contribution in [2.24, 2.45) is 0 Å². The Morgan fingerprint density at radius 3 is 2.26 bits per heavy atom. The molecule has 0 radical (unpaired) electrons. The Hall–Kier alpha value is -4.77. The fourth-order valence-corrected chi connectivity index (χ4v) is 3.89. The maximum atomic E-state index is 13.1. The highest BCUT2D eigenvalue weighted by Gasteiger charge is 2.33. The molecule has 3 N–H and O–H groups in total. The summed E-state index contributed by atoms with van der Waals surface area (Å²) < 4.78 is 39.1. The predicted molar refractivity (Wildman–Crippen MR) is 136 cm³/mol. The van der Waals surface area contributed by atoms with E-state index in [9.17, 15) is 22.8 Å². The number of amides is 2. The fourth-order valence-electron chi connectivity index (χ4n) is 3.67. The first kappa shape index (κ1) is 24.9. The third-order valence-electron chi connectivity index (χ3n) is 5.52. The van der Waals surface area contributed by atoms with E-state index in [4.69, 9.17) is 11.6 Å². The maximum Gasteiger partial charge on any atom is 0.417 e. The molecule has 0 saturated carbocycles. The molecule has 0 fully saturated rings. The third-order valence-corrected chi connectivity index (χ3v) is 5.85. The van der Waals surface area contributed by atoms with Gasteiger partial charge in [0, 0.05) is 28.7 Å². The van der Waals surface area contributed by atoms with E-state index in [2.05, 4.69) is 30.8 Å². The Morgan fingerprint density at radius 1 is 0.842 bits per heavy atom. The van der Waals surface area contributed by atoms with Crippen LogP contribution in [0.4, 0.5) is 29.3 Å². The van der Waals surface area contributed by atoms with Gasteiger partial charge in [0.05, 0.1) is 33.5 Å². The van der Waals surface area contributed by atoms with Gasteiger partial charge in [0.2, 0.25) is 0 Å². The molecule has 0 bridgehead atoms. The monoisotopic (exact) mass is 536 g/mol. The number of hydrogen-bond donors (Lipinski definition) is 3. The molecule has 0 spiro atoms. The summed E-state index contributed by atoms with van der Waals surface area (Å²) in [4.78, 5) is 34.3. The highest BCUT2D eigenvalue weighted by Crippen LogP contribution is 2.36. The van der Waals surface area contributed by atoms with Gasteiger partial charge in [-0.1, -0.05) is 11.6 Å². The number of ketones is 1. The van der Waals surface area contributed by atoms with Gasteiger partial charge in [-0.05, 0) is 66.7 Å². The van der Waals surface area contributed by atoms with Crippen LogP contribution < -0.4 is 10.6 Å². The summed E-state index contributed by atoms with van der Waals surface area (Å²) in [6.45, 7) is 0. The number of aromatic nitrogens is 4. The van der Waals surface area contributed by atoms with Crippen LogP contribution in [-0.4, -0.2) is 32.0 Å². The Morgan fingerprint density at radius 2 is 1.55 bits per heavy atom. The number of alkyl halides is 3. The second-order valence-electron chi connectivity index (χ2n) is 8.11. The predicted octanol–water partition coefficient (Wildman–Crippen LogP) is 6.57. The van der Waals surface area contributed by atoms with Crippen LogP contribution in [0.25, 0.3) is 22.4 Å². The molecule has 0 aliphatic rings. The molecule has 5 aromatic rings. The molecule has 0 unspecified atom stereocenters. The van der Waals surface area contributed by atoms with E-state index in [1.54, 1.807) is 36.7 Å². The van der Waals surface area contributed by atoms with E-state index in [1.165, 1.54) is 30.3 Å². The van der Waals surface area contributed by atoms with Crippen molar-refractivity contribution in [2.45, 2.75) is 6.18 Å². The normalized spacial score (nSPS) is 11.4. The number of benzene rings is 3. The summed E-state index contributed by atoms with van der Waals surface area (Å²) >= 11 is 5.60. The lowest BCUT2D eigenvalue weighted by Gasteiger charge is -2.12. The van der Waals surface area contributed by atoms with Crippen molar-refractivity contribution in [2.75, 3.05) is 10.6 Å². The standard InChI is InChI=1S/C26H16ClF3N6O2/c27-19-7-6-17(12-18(19)26(28,29)30)34-25(38)33-16-4-1-14(2-5-16)24(37)15-3-8-20-22(11-15)35-23(13-31-20)21-9-10-32-36-21/h1-13H,(H,32,36)(H2,33,34,38). The average molecular weight is 537 g/mol. The van der Waals surface area contributed by atoms with Crippen LogP contribution in [-0.2, 0) is 6.18 Å². The number of nitrogens with zero attached hydrogens (tertiary/aromatic N) is 3. The van der Waals surface area contributed by atoms with Crippen LogP contribution in [0.3, 0.4) is 0 Å². The zero-order valence-corrected chi connectivity index (χ0v) is 19.9. The zero-order chi connectivity index (χ0) is 26.9. The zero-order valence-electron chi connectivity index (χ0n) is 19.2. The first-order chi connectivity index (χ1) is 18.2. The van der Waals surface area contributed by atoms with Gasteiger partial charge >= 0.3 is 12.2 Å². The Kier molecular flexibility index (Phi) is 6.52. The van der Waals surface area contributed by atoms with Gasteiger partial charge < -0.3 is 10.6 Å². The number of hydrogen-bond acceptors (Lipinski definition) is 5. The Bertz CT molecular complexity index is 1650. The highest BCUT2D eigenvalue weighted by molar-refractivity contribution is 6.31. The van der Waals surface area contributed by atoms with Gasteiger partial charge in [0.1, 0.15) is 5.69 Å². The van der Waals surface area contributed by atoms with E-state index in [0.29, 0.717) is 39.2 Å². The van der Waals surface area contributed by atoms with Crippen LogP contribution >= 0.6 is 11.6 Å². The van der Waals surface area contributed by atoms with E-state index in [0.717, 1.165) is 12.1 Å². The third kappa shape index (κ3) is 5.32. The van der Waals surface area contributed by atoms with Gasteiger partial charge in [0.25, 0.3) is 0 Å². The van der Waals surface area contributed by atoms with Crippen LogP contribution in [0.1, 0.15) is 21.5 Å². The molecular formula is C26H16ClF3N6O2. The number of aromatic amines is 1. The van der Waals surface area contributed by atoms with Crippen molar-refractivity contribution in [3.8, 4) is 11.4 Å². The summed E-state index contributed by atoms with van der Waals surface area (Å²) in [6.07, 6.45) is -1.45. The number of anilines is 2. The van der Waals surface area contributed by atoms with Crippen LogP contribution in [0, 0.1) is 0 Å². The second-order valence-corrected chi connectivity index (χ2v) is 8.51. The van der Waals surface area contributed by atoms with Gasteiger partial charge in [0.15, 0.2) is 5.78 Å². The van der Waals surface area contributed by atoms with Crippen molar-refractivity contribution in [3.05, 3.63) is 101 Å². The minimum atomic E-state index is -4.66. The molecular weight excluding hydrogens is 521 g/mol. The maximum absolute atomic E-state index is 13.1. The SMILES string of the molecule is O=C(Nc1ccc(C(=O)c2ccc3ncc(-c4ccn[nH]4)nc3c2)cc1)Nc1ccc(Cl)c(C(F)(F)F)c1. The number of rotatable bonds is 5. The highest BCUT2D eigenvalue weighted by atomic mass is 35.5. The largest absolute Gasteiger partial charge is 0.417 e. The smallest absolute Gasteiger partial charge is 0.308 e. The number of carbonyl (C=O) groups is 2.